The zero-order chi connectivity index (χ0) is 29.6. The van der Waals surface area contributed by atoms with Crippen LogP contribution in [-0.4, -0.2) is 29.7 Å². The van der Waals surface area contributed by atoms with Crippen molar-refractivity contribution >= 4 is 17.6 Å². The van der Waals surface area contributed by atoms with E-state index >= 15 is 0 Å². The highest BCUT2D eigenvalue weighted by Gasteiger charge is 2.27. The molecule has 216 valence electrons. The van der Waals surface area contributed by atoms with Crippen molar-refractivity contribution in [3.63, 3.8) is 0 Å². The Bertz CT molecular complexity index is 1580. The molecule has 0 saturated carbocycles. The van der Waals surface area contributed by atoms with Gasteiger partial charge < -0.3 is 20.5 Å². The van der Waals surface area contributed by atoms with E-state index in [1.807, 2.05) is 48.5 Å². The monoisotopic (exact) mass is 568 g/mol. The maximum atomic E-state index is 14.0. The van der Waals surface area contributed by atoms with Crippen LogP contribution in [0.3, 0.4) is 0 Å². The Kier molecular flexibility index (Phi) is 9.10. The minimum Gasteiger partial charge on any atom is -0.456 e. The fourth-order valence-electron chi connectivity index (χ4n) is 5.09. The number of aliphatic hydroxyl groups is 1. The predicted molar refractivity (Wildman–Crippen MR) is 161 cm³/mol. The number of fused-ring (bicyclic) bond motifs is 2. The van der Waals surface area contributed by atoms with Crippen molar-refractivity contribution in [2.45, 2.75) is 44.9 Å². The molecule has 3 N–H and O–H groups in total. The van der Waals surface area contributed by atoms with Gasteiger partial charge in [0.05, 0.1) is 17.7 Å². The van der Waals surface area contributed by atoms with Gasteiger partial charge in [-0.05, 0) is 59.4 Å². The van der Waals surface area contributed by atoms with Crippen molar-refractivity contribution < 1.29 is 23.4 Å². The van der Waals surface area contributed by atoms with Crippen LogP contribution in [0.25, 0.3) is 11.6 Å². The van der Waals surface area contributed by atoms with E-state index in [9.17, 15) is 18.7 Å². The van der Waals surface area contributed by atoms with Gasteiger partial charge >= 0.3 is 0 Å². The molecule has 0 fully saturated rings. The van der Waals surface area contributed by atoms with Crippen LogP contribution in [-0.2, 0) is 17.8 Å². The Morgan fingerprint density at radius 2 is 1.57 bits per heavy atom. The molecule has 0 unspecified atom stereocenters. The summed E-state index contributed by atoms with van der Waals surface area (Å²) in [7, 11) is 0. The Morgan fingerprint density at radius 1 is 0.857 bits per heavy atom. The third-order valence-electron chi connectivity index (χ3n) is 7.32. The summed E-state index contributed by atoms with van der Waals surface area (Å²) in [5.41, 5.74) is 4.30. The first-order chi connectivity index (χ1) is 20.3. The van der Waals surface area contributed by atoms with Gasteiger partial charge in [0, 0.05) is 30.3 Å². The molecule has 1 aliphatic rings. The number of hydrogen-bond acceptors (Lipinski definition) is 4. The van der Waals surface area contributed by atoms with E-state index in [0.717, 1.165) is 17.2 Å². The van der Waals surface area contributed by atoms with E-state index in [4.69, 9.17) is 4.74 Å². The van der Waals surface area contributed by atoms with Gasteiger partial charge in [-0.25, -0.2) is 8.78 Å². The number of ether oxygens (including phenoxy) is 1. The second-order valence-corrected chi connectivity index (χ2v) is 10.9. The van der Waals surface area contributed by atoms with E-state index in [0.29, 0.717) is 40.7 Å². The molecule has 4 aromatic rings. The summed E-state index contributed by atoms with van der Waals surface area (Å²) < 4.78 is 34.2. The van der Waals surface area contributed by atoms with Crippen molar-refractivity contribution in [3.05, 3.63) is 130 Å². The largest absolute Gasteiger partial charge is 0.456 e. The van der Waals surface area contributed by atoms with Crippen LogP contribution < -0.4 is 15.4 Å². The quantitative estimate of drug-likeness (QED) is 0.201. The summed E-state index contributed by atoms with van der Waals surface area (Å²) in [5.74, 6) is -0.344. The molecule has 42 heavy (non-hydrogen) atoms. The number of carbonyl (C=O) groups is 1. The van der Waals surface area contributed by atoms with Gasteiger partial charge in [-0.3, -0.25) is 4.79 Å². The summed E-state index contributed by atoms with van der Waals surface area (Å²) in [4.78, 5) is 13.8. The van der Waals surface area contributed by atoms with E-state index in [-0.39, 0.29) is 13.0 Å². The highest BCUT2D eigenvalue weighted by atomic mass is 19.1. The van der Waals surface area contributed by atoms with Crippen LogP contribution in [0.15, 0.2) is 91.0 Å². The summed E-state index contributed by atoms with van der Waals surface area (Å²) in [6.07, 6.45) is 0.717. The van der Waals surface area contributed by atoms with Gasteiger partial charge in [-0.2, -0.15) is 0 Å². The lowest BCUT2D eigenvalue weighted by Gasteiger charge is -2.26. The predicted octanol–water partition coefficient (Wildman–Crippen LogP) is 6.61. The number of carbonyl (C=O) groups excluding carboxylic acids is 1. The molecule has 0 aliphatic carbocycles. The average Bonchev–Trinajstić information content (AvgIpc) is 3.13. The van der Waals surface area contributed by atoms with E-state index in [1.54, 1.807) is 18.2 Å². The topological polar surface area (TPSA) is 70.6 Å². The number of halogens is 2. The molecular weight excluding hydrogens is 534 g/mol. The van der Waals surface area contributed by atoms with Crippen LogP contribution in [0.4, 0.5) is 8.78 Å². The molecule has 2 atom stereocenters. The molecule has 1 aliphatic heterocycles. The maximum absolute atomic E-state index is 14.0. The zero-order valence-electron chi connectivity index (χ0n) is 23.6. The minimum atomic E-state index is -1.06. The van der Waals surface area contributed by atoms with Gasteiger partial charge in [0.2, 0.25) is 0 Å². The first-order valence-corrected chi connectivity index (χ1v) is 14.1. The van der Waals surface area contributed by atoms with Crippen LogP contribution in [0, 0.1) is 11.6 Å². The van der Waals surface area contributed by atoms with Gasteiger partial charge in [0.15, 0.2) is 0 Å². The minimum absolute atomic E-state index is 0.0219. The third-order valence-corrected chi connectivity index (χ3v) is 7.32. The molecule has 0 radical (unpaired) electrons. The molecular formula is C35H34F2N2O3. The van der Waals surface area contributed by atoms with Gasteiger partial charge in [-0.15, -0.1) is 0 Å². The van der Waals surface area contributed by atoms with Crippen molar-refractivity contribution in [2.24, 2.45) is 0 Å². The van der Waals surface area contributed by atoms with Crippen molar-refractivity contribution in [2.75, 3.05) is 6.54 Å². The lowest BCUT2D eigenvalue weighted by Crippen LogP contribution is -2.48. The molecule has 0 bridgehead atoms. The van der Waals surface area contributed by atoms with Gasteiger partial charge in [0.1, 0.15) is 23.1 Å². The second-order valence-electron chi connectivity index (χ2n) is 10.9. The Balaban J connectivity index is 1.38. The summed E-state index contributed by atoms with van der Waals surface area (Å²) in [6.45, 7) is 4.92. The lowest BCUT2D eigenvalue weighted by molar-refractivity contribution is -0.117. The number of benzene rings is 4. The maximum Gasteiger partial charge on any atom is 0.252 e. The Labute approximate surface area is 244 Å². The number of rotatable bonds is 10. The van der Waals surface area contributed by atoms with Gasteiger partial charge in [-0.1, -0.05) is 74.5 Å². The molecule has 1 heterocycles. The number of hydrogen-bond donors (Lipinski definition) is 3. The fraction of sp³-hybridized carbons (Fsp3) is 0.229. The molecule has 5 nitrogen and oxygen atoms in total. The lowest BCUT2D eigenvalue weighted by atomic mass is 9.97. The van der Waals surface area contributed by atoms with E-state index < -0.39 is 29.7 Å². The molecule has 0 aromatic heterocycles. The zero-order valence-corrected chi connectivity index (χ0v) is 23.6. The summed E-state index contributed by atoms with van der Waals surface area (Å²) >= 11 is 0. The van der Waals surface area contributed by atoms with Crippen molar-refractivity contribution in [1.82, 2.24) is 10.6 Å². The van der Waals surface area contributed by atoms with Crippen LogP contribution in [0.1, 0.15) is 47.6 Å². The third kappa shape index (κ3) is 7.11. The first-order valence-electron chi connectivity index (χ1n) is 14.1. The van der Waals surface area contributed by atoms with Crippen LogP contribution >= 0.6 is 0 Å². The highest BCUT2D eigenvalue weighted by molar-refractivity contribution is 6.25. The molecule has 0 spiro atoms. The fourth-order valence-corrected chi connectivity index (χ4v) is 5.09. The number of aliphatic hydroxyl groups excluding tert-OH is 1. The van der Waals surface area contributed by atoms with Crippen LogP contribution in [0.2, 0.25) is 0 Å². The normalized spacial score (nSPS) is 13.7. The summed E-state index contributed by atoms with van der Waals surface area (Å²) in [5, 5.41) is 17.5. The number of amides is 1. The van der Waals surface area contributed by atoms with Crippen molar-refractivity contribution in [3.8, 4) is 11.5 Å². The molecule has 0 saturated heterocycles. The molecule has 5 rings (SSSR count). The molecule has 1 amide bonds. The van der Waals surface area contributed by atoms with Crippen LogP contribution in [0.5, 0.6) is 11.5 Å². The Morgan fingerprint density at radius 3 is 2.33 bits per heavy atom. The molecule has 7 heteroatoms. The smallest absolute Gasteiger partial charge is 0.252 e. The van der Waals surface area contributed by atoms with Crippen molar-refractivity contribution in [1.29, 1.82) is 0 Å². The average molecular weight is 569 g/mol. The number of nitrogens with one attached hydrogen (secondary N) is 2. The summed E-state index contributed by atoms with van der Waals surface area (Å²) in [6, 6.07) is 25.2. The SMILES string of the molecule is CC(C)c1cccc(CNC[C@@H](O)[C@H](Cc2cc(F)cc(F)c2)NC(=O)C2=Cc3ccccc3Oc3ccccc32)c1. The van der Waals surface area contributed by atoms with Gasteiger partial charge in [0.25, 0.3) is 5.91 Å². The number of para-hydroxylation sites is 2. The molecule has 4 aromatic carbocycles. The van der Waals surface area contributed by atoms with E-state index in [2.05, 4.69) is 36.6 Å². The van der Waals surface area contributed by atoms with E-state index in [1.165, 1.54) is 17.7 Å². The second kappa shape index (κ2) is 13.1. The standard InChI is InChI=1S/C35H34F2N2O3/c1-22(2)25-10-7-8-23(14-25)20-38-21-32(40)31(17-24-15-27(36)19-28(37)16-24)39-35(41)30-18-26-9-3-5-12-33(26)42-34-13-6-4-11-29(30)34/h3-16,18-19,22,31-32,38,40H,17,20-21H2,1-2H3,(H,39,41)/t31-,32+/m0/s1. The Hall–Kier alpha value is -4.33. The highest BCUT2D eigenvalue weighted by Crippen LogP contribution is 2.38. The first kappa shape index (κ1) is 29.2.